The molecule has 0 spiro atoms. The van der Waals surface area contributed by atoms with Gasteiger partial charge in [-0.2, -0.15) is 0 Å². The average Bonchev–Trinajstić information content (AvgIpc) is 2.51. The molecule has 0 saturated carbocycles. The maximum atomic E-state index is 6.17. The molecular formula is C16H20Cl2N4. The van der Waals surface area contributed by atoms with Crippen LogP contribution in [0.1, 0.15) is 19.4 Å². The van der Waals surface area contributed by atoms with Crippen LogP contribution in [-0.2, 0) is 6.42 Å². The van der Waals surface area contributed by atoms with Gasteiger partial charge >= 0.3 is 0 Å². The van der Waals surface area contributed by atoms with Crippen molar-refractivity contribution in [2.45, 2.75) is 20.3 Å². The lowest BCUT2D eigenvalue weighted by atomic mass is 10.1. The summed E-state index contributed by atoms with van der Waals surface area (Å²) in [5.74, 6) is 1.76. The van der Waals surface area contributed by atoms with Gasteiger partial charge in [-0.15, -0.1) is 0 Å². The Morgan fingerprint density at radius 3 is 2.55 bits per heavy atom. The molecule has 1 N–H and O–H groups in total. The van der Waals surface area contributed by atoms with Gasteiger partial charge in [-0.05, 0) is 38.0 Å². The van der Waals surface area contributed by atoms with Crippen molar-refractivity contribution in [2.75, 3.05) is 29.9 Å². The Morgan fingerprint density at radius 2 is 1.86 bits per heavy atom. The Hall–Kier alpha value is -1.52. The van der Waals surface area contributed by atoms with Crippen molar-refractivity contribution in [3.8, 4) is 0 Å². The second-order valence-corrected chi connectivity index (χ2v) is 5.69. The molecule has 0 aliphatic heterocycles. The minimum Gasteiger partial charge on any atom is -0.370 e. The number of halogens is 2. The third kappa shape index (κ3) is 4.49. The summed E-state index contributed by atoms with van der Waals surface area (Å²) in [7, 11) is 0. The third-order valence-electron chi connectivity index (χ3n) is 3.46. The van der Waals surface area contributed by atoms with Crippen LogP contribution in [0.15, 0.2) is 30.6 Å². The molecule has 0 atom stereocenters. The lowest BCUT2D eigenvalue weighted by Gasteiger charge is -2.19. The van der Waals surface area contributed by atoms with Crippen molar-refractivity contribution in [1.82, 2.24) is 9.97 Å². The maximum absolute atomic E-state index is 6.17. The minimum atomic E-state index is 0.654. The summed E-state index contributed by atoms with van der Waals surface area (Å²) in [5, 5.41) is 4.66. The van der Waals surface area contributed by atoms with Gasteiger partial charge in [0, 0.05) is 35.7 Å². The molecule has 2 rings (SSSR count). The molecule has 0 unspecified atom stereocenters. The van der Waals surface area contributed by atoms with Crippen LogP contribution in [0, 0.1) is 0 Å². The molecule has 0 radical (unpaired) electrons. The molecular weight excluding hydrogens is 319 g/mol. The van der Waals surface area contributed by atoms with Gasteiger partial charge in [0.2, 0.25) is 0 Å². The van der Waals surface area contributed by atoms with Crippen LogP contribution in [0.2, 0.25) is 10.0 Å². The number of hydrogen-bond acceptors (Lipinski definition) is 4. The topological polar surface area (TPSA) is 41.0 Å². The summed E-state index contributed by atoms with van der Waals surface area (Å²) in [6.07, 6.45) is 2.39. The van der Waals surface area contributed by atoms with Crippen molar-refractivity contribution in [3.05, 3.63) is 46.2 Å². The van der Waals surface area contributed by atoms with Crippen LogP contribution in [-0.4, -0.2) is 29.6 Å². The van der Waals surface area contributed by atoms with E-state index in [1.165, 1.54) is 0 Å². The molecule has 1 heterocycles. The van der Waals surface area contributed by atoms with Crippen molar-refractivity contribution in [2.24, 2.45) is 0 Å². The quantitative estimate of drug-likeness (QED) is 0.817. The maximum Gasteiger partial charge on any atom is 0.134 e. The van der Waals surface area contributed by atoms with Crippen LogP contribution in [0.3, 0.4) is 0 Å². The largest absolute Gasteiger partial charge is 0.370 e. The zero-order valence-corrected chi connectivity index (χ0v) is 14.3. The van der Waals surface area contributed by atoms with Gasteiger partial charge in [0.1, 0.15) is 18.0 Å². The highest BCUT2D eigenvalue weighted by Gasteiger charge is 2.05. The van der Waals surface area contributed by atoms with Crippen molar-refractivity contribution < 1.29 is 0 Å². The molecule has 0 saturated heterocycles. The predicted octanol–water partition coefficient (Wildman–Crippen LogP) is 4.28. The number of rotatable bonds is 7. The fraction of sp³-hybridized carbons (Fsp3) is 0.375. The first-order chi connectivity index (χ1) is 10.6. The van der Waals surface area contributed by atoms with E-state index in [4.69, 9.17) is 23.2 Å². The normalized spacial score (nSPS) is 10.5. The standard InChI is InChI=1S/C16H20Cl2N4/c1-3-22(4-2)16-10-15(20-11-21-16)19-8-7-12-5-6-13(17)9-14(12)18/h5-6,9-11H,3-4,7-8H2,1-2H3,(H,19,20,21). The number of hydrogen-bond donors (Lipinski definition) is 1. The number of nitrogens with zero attached hydrogens (tertiary/aromatic N) is 3. The van der Waals surface area contributed by atoms with E-state index in [0.717, 1.165) is 43.3 Å². The molecule has 4 nitrogen and oxygen atoms in total. The van der Waals surface area contributed by atoms with Gasteiger partial charge in [-0.3, -0.25) is 0 Å². The fourth-order valence-electron chi connectivity index (χ4n) is 2.21. The molecule has 0 aliphatic carbocycles. The molecule has 1 aromatic heterocycles. The monoisotopic (exact) mass is 338 g/mol. The molecule has 118 valence electrons. The molecule has 1 aromatic carbocycles. The smallest absolute Gasteiger partial charge is 0.134 e. The Kier molecular flexibility index (Phi) is 6.28. The fourth-order valence-corrected chi connectivity index (χ4v) is 2.72. The summed E-state index contributed by atoms with van der Waals surface area (Å²) < 4.78 is 0. The number of aromatic nitrogens is 2. The van der Waals surface area contributed by atoms with Crippen LogP contribution < -0.4 is 10.2 Å². The first kappa shape index (κ1) is 16.8. The zero-order valence-electron chi connectivity index (χ0n) is 12.8. The van der Waals surface area contributed by atoms with E-state index in [-0.39, 0.29) is 0 Å². The Bertz CT molecular complexity index is 615. The minimum absolute atomic E-state index is 0.654. The van der Waals surface area contributed by atoms with Gasteiger partial charge in [0.15, 0.2) is 0 Å². The SMILES string of the molecule is CCN(CC)c1cc(NCCc2ccc(Cl)cc2Cl)ncn1. The second kappa shape index (κ2) is 8.20. The number of anilines is 2. The Balaban J connectivity index is 1.95. The first-order valence-electron chi connectivity index (χ1n) is 7.38. The molecule has 0 fully saturated rings. The van der Waals surface area contributed by atoms with Crippen molar-refractivity contribution >= 4 is 34.8 Å². The van der Waals surface area contributed by atoms with Gasteiger partial charge in [0.25, 0.3) is 0 Å². The number of benzene rings is 1. The van der Waals surface area contributed by atoms with Gasteiger partial charge in [-0.25, -0.2) is 9.97 Å². The highest BCUT2D eigenvalue weighted by molar-refractivity contribution is 6.35. The summed E-state index contributed by atoms with van der Waals surface area (Å²) in [6, 6.07) is 7.54. The van der Waals surface area contributed by atoms with E-state index < -0.39 is 0 Å². The zero-order chi connectivity index (χ0) is 15.9. The summed E-state index contributed by atoms with van der Waals surface area (Å²) >= 11 is 12.1. The van der Waals surface area contributed by atoms with E-state index in [0.29, 0.717) is 10.0 Å². The van der Waals surface area contributed by atoms with Crippen LogP contribution in [0.5, 0.6) is 0 Å². The van der Waals surface area contributed by atoms with Gasteiger partial charge < -0.3 is 10.2 Å². The van der Waals surface area contributed by atoms with E-state index in [9.17, 15) is 0 Å². The molecule has 2 aromatic rings. The Labute approximate surface area is 141 Å². The van der Waals surface area contributed by atoms with Crippen molar-refractivity contribution in [3.63, 3.8) is 0 Å². The van der Waals surface area contributed by atoms with E-state index >= 15 is 0 Å². The predicted molar refractivity (Wildman–Crippen MR) is 94.2 cm³/mol. The second-order valence-electron chi connectivity index (χ2n) is 4.85. The molecule has 0 amide bonds. The summed E-state index contributed by atoms with van der Waals surface area (Å²) in [4.78, 5) is 10.7. The first-order valence-corrected chi connectivity index (χ1v) is 8.14. The van der Waals surface area contributed by atoms with E-state index in [1.807, 2.05) is 18.2 Å². The Morgan fingerprint density at radius 1 is 1.09 bits per heavy atom. The molecule has 22 heavy (non-hydrogen) atoms. The third-order valence-corrected chi connectivity index (χ3v) is 4.04. The molecule has 0 bridgehead atoms. The number of nitrogens with one attached hydrogen (secondary N) is 1. The van der Waals surface area contributed by atoms with Gasteiger partial charge in [-0.1, -0.05) is 29.3 Å². The van der Waals surface area contributed by atoms with E-state index in [1.54, 1.807) is 12.4 Å². The highest BCUT2D eigenvalue weighted by atomic mass is 35.5. The molecule has 0 aliphatic rings. The lowest BCUT2D eigenvalue weighted by molar-refractivity contribution is 0.841. The van der Waals surface area contributed by atoms with Crippen molar-refractivity contribution in [1.29, 1.82) is 0 Å². The van der Waals surface area contributed by atoms with Crippen LogP contribution in [0.4, 0.5) is 11.6 Å². The highest BCUT2D eigenvalue weighted by Crippen LogP contribution is 2.21. The summed E-state index contributed by atoms with van der Waals surface area (Å²) in [5.41, 5.74) is 1.07. The molecule has 6 heteroatoms. The summed E-state index contributed by atoms with van der Waals surface area (Å²) in [6.45, 7) is 6.82. The average molecular weight is 339 g/mol. The van der Waals surface area contributed by atoms with Crippen LogP contribution in [0.25, 0.3) is 0 Å². The van der Waals surface area contributed by atoms with Crippen LogP contribution >= 0.6 is 23.2 Å². The lowest BCUT2D eigenvalue weighted by Crippen LogP contribution is -2.23. The van der Waals surface area contributed by atoms with E-state index in [2.05, 4.69) is 34.0 Å². The van der Waals surface area contributed by atoms with Gasteiger partial charge in [0.05, 0.1) is 0 Å².